The van der Waals surface area contributed by atoms with Crippen molar-refractivity contribution in [1.29, 1.82) is 0 Å². The lowest BCUT2D eigenvalue weighted by atomic mass is 9.43. The molecule has 0 aliphatic heterocycles. The molecule has 4 fully saturated rings. The molecule has 4 aliphatic rings. The largest absolute Gasteiger partial charge is 0.393 e. The Bertz CT molecular complexity index is 929. The highest BCUT2D eigenvalue weighted by molar-refractivity contribution is 7.85. The molecule has 36 heavy (non-hydrogen) atoms. The van der Waals surface area contributed by atoms with Crippen LogP contribution in [-0.4, -0.2) is 76.0 Å². The SMILES string of the molecule is C[C@H](C[C@@H](O)C(=O)NCCS(=O)(=O)O)C1C[C@H](O)[C@H]2C3C(CC[C@]12C)[C@@]1(C)CC[C@@H](O)C[C@H]1C[C@H]3O. The Labute approximate surface area is 214 Å². The predicted octanol–water partition coefficient (Wildman–Crippen LogP) is 1.34. The molecule has 9 nitrogen and oxygen atoms in total. The van der Waals surface area contributed by atoms with Gasteiger partial charge < -0.3 is 25.7 Å². The number of hydrogen-bond donors (Lipinski definition) is 6. The van der Waals surface area contributed by atoms with E-state index in [1.807, 2.05) is 6.92 Å². The molecule has 0 saturated heterocycles. The lowest BCUT2D eigenvalue weighted by molar-refractivity contribution is -0.185. The Morgan fingerprint density at radius 1 is 1.03 bits per heavy atom. The summed E-state index contributed by atoms with van der Waals surface area (Å²) < 4.78 is 30.5. The molecule has 4 aliphatic carbocycles. The van der Waals surface area contributed by atoms with Crippen LogP contribution in [0.3, 0.4) is 0 Å². The van der Waals surface area contributed by atoms with Crippen molar-refractivity contribution in [1.82, 2.24) is 5.32 Å². The first-order chi connectivity index (χ1) is 16.7. The van der Waals surface area contributed by atoms with E-state index >= 15 is 0 Å². The molecule has 10 heteroatoms. The number of carbonyl (C=O) groups is 1. The van der Waals surface area contributed by atoms with Gasteiger partial charge in [0.05, 0.1) is 24.1 Å². The van der Waals surface area contributed by atoms with Crippen molar-refractivity contribution in [3.8, 4) is 0 Å². The van der Waals surface area contributed by atoms with Crippen molar-refractivity contribution in [2.75, 3.05) is 12.3 Å². The van der Waals surface area contributed by atoms with Crippen molar-refractivity contribution in [2.24, 2.45) is 46.3 Å². The summed E-state index contributed by atoms with van der Waals surface area (Å²) in [5.74, 6) is -0.726. The molecule has 4 rings (SSSR count). The number of amides is 1. The van der Waals surface area contributed by atoms with Gasteiger partial charge in [-0.25, -0.2) is 0 Å². The topological polar surface area (TPSA) is 164 Å². The fourth-order valence-corrected chi connectivity index (χ4v) is 9.58. The van der Waals surface area contributed by atoms with Gasteiger partial charge in [0.2, 0.25) is 5.91 Å². The predicted molar refractivity (Wildman–Crippen MR) is 133 cm³/mol. The van der Waals surface area contributed by atoms with Crippen molar-refractivity contribution in [2.45, 2.75) is 96.6 Å². The standard InChI is InChI=1S/C26H45NO8S/c1-14(10-21(31)24(32)27-8-9-36(33,34)35)18-13-20(30)23-22-17(5-7-26(18,23)3)25(2)6-4-16(28)11-15(25)12-19(22)29/h14-23,28-31H,4-13H2,1-3H3,(H,27,32)(H,33,34,35)/t14-,15+,16-,17?,18?,19-,20+,21-,22?,23+,25+,26-/m1/s1. The first kappa shape index (κ1) is 28.2. The molecule has 12 atom stereocenters. The van der Waals surface area contributed by atoms with E-state index in [4.69, 9.17) is 4.55 Å². The van der Waals surface area contributed by atoms with Gasteiger partial charge in [-0.1, -0.05) is 20.8 Å². The Balaban J connectivity index is 1.46. The molecule has 0 spiro atoms. The fourth-order valence-electron chi connectivity index (χ4n) is 9.22. The van der Waals surface area contributed by atoms with Gasteiger partial charge >= 0.3 is 0 Å². The quantitative estimate of drug-likeness (QED) is 0.268. The molecule has 0 aromatic rings. The summed E-state index contributed by atoms with van der Waals surface area (Å²) in [6.07, 6.45) is 3.11. The number of aliphatic hydroxyl groups excluding tert-OH is 4. The van der Waals surface area contributed by atoms with E-state index in [1.165, 1.54) is 0 Å². The molecule has 3 unspecified atom stereocenters. The first-order valence-corrected chi connectivity index (χ1v) is 15.2. The van der Waals surface area contributed by atoms with Crippen LogP contribution in [0.2, 0.25) is 0 Å². The highest BCUT2D eigenvalue weighted by Crippen LogP contribution is 2.68. The number of nitrogens with one attached hydrogen (secondary N) is 1. The molecule has 208 valence electrons. The van der Waals surface area contributed by atoms with Gasteiger partial charge in [-0.2, -0.15) is 8.42 Å². The normalized spacial score (nSPS) is 46.2. The van der Waals surface area contributed by atoms with Gasteiger partial charge in [-0.3, -0.25) is 9.35 Å². The van der Waals surface area contributed by atoms with E-state index in [9.17, 15) is 33.6 Å². The average molecular weight is 532 g/mol. The highest BCUT2D eigenvalue weighted by atomic mass is 32.2. The average Bonchev–Trinajstić information content (AvgIpc) is 3.05. The Morgan fingerprint density at radius 2 is 1.69 bits per heavy atom. The van der Waals surface area contributed by atoms with Crippen LogP contribution in [0.15, 0.2) is 0 Å². The monoisotopic (exact) mass is 531 g/mol. The van der Waals surface area contributed by atoms with Gasteiger partial charge in [0.25, 0.3) is 10.1 Å². The molecule has 0 bridgehead atoms. The number of carbonyl (C=O) groups excluding carboxylic acids is 1. The van der Waals surface area contributed by atoms with E-state index < -0.39 is 40.1 Å². The van der Waals surface area contributed by atoms with E-state index in [-0.39, 0.29) is 53.6 Å². The van der Waals surface area contributed by atoms with Crippen LogP contribution in [0.4, 0.5) is 0 Å². The first-order valence-electron chi connectivity index (χ1n) is 13.6. The summed E-state index contributed by atoms with van der Waals surface area (Å²) in [5, 5.41) is 45.8. The molecule has 1 amide bonds. The summed E-state index contributed by atoms with van der Waals surface area (Å²) in [6, 6.07) is 0. The van der Waals surface area contributed by atoms with Gasteiger partial charge in [0.15, 0.2) is 0 Å². The maximum Gasteiger partial charge on any atom is 0.266 e. The Kier molecular flexibility index (Phi) is 7.90. The molecule has 4 saturated carbocycles. The van der Waals surface area contributed by atoms with E-state index in [1.54, 1.807) is 0 Å². The van der Waals surface area contributed by atoms with Crippen LogP contribution < -0.4 is 5.32 Å². The third-order valence-corrected chi connectivity index (χ3v) is 11.7. The number of aliphatic hydroxyl groups is 4. The lowest BCUT2D eigenvalue weighted by Gasteiger charge is -2.62. The van der Waals surface area contributed by atoms with Gasteiger partial charge in [0, 0.05) is 6.54 Å². The minimum atomic E-state index is -4.20. The second-order valence-corrected chi connectivity index (χ2v) is 14.5. The van der Waals surface area contributed by atoms with Crippen molar-refractivity contribution in [3.05, 3.63) is 0 Å². The van der Waals surface area contributed by atoms with Crippen LogP contribution >= 0.6 is 0 Å². The minimum Gasteiger partial charge on any atom is -0.393 e. The smallest absolute Gasteiger partial charge is 0.266 e. The van der Waals surface area contributed by atoms with Crippen LogP contribution in [0.1, 0.15) is 72.1 Å². The molecule has 0 aromatic heterocycles. The fraction of sp³-hybridized carbons (Fsp3) is 0.962. The Morgan fingerprint density at radius 3 is 2.36 bits per heavy atom. The second-order valence-electron chi connectivity index (χ2n) is 12.9. The lowest BCUT2D eigenvalue weighted by Crippen LogP contribution is -2.60. The third-order valence-electron chi connectivity index (χ3n) is 11.0. The number of fused-ring (bicyclic) bond motifs is 5. The highest BCUT2D eigenvalue weighted by Gasteiger charge is 2.65. The van der Waals surface area contributed by atoms with Crippen molar-refractivity contribution in [3.63, 3.8) is 0 Å². The molecule has 0 aromatic carbocycles. The third kappa shape index (κ3) is 5.10. The summed E-state index contributed by atoms with van der Waals surface area (Å²) in [6.45, 7) is 6.25. The molecule has 0 heterocycles. The summed E-state index contributed by atoms with van der Waals surface area (Å²) in [5.41, 5.74) is -0.163. The summed E-state index contributed by atoms with van der Waals surface area (Å²) >= 11 is 0. The zero-order valence-electron chi connectivity index (χ0n) is 21.7. The van der Waals surface area contributed by atoms with Crippen LogP contribution in [0.25, 0.3) is 0 Å². The summed E-state index contributed by atoms with van der Waals surface area (Å²) in [7, 11) is -4.20. The zero-order chi connectivity index (χ0) is 26.6. The van der Waals surface area contributed by atoms with Gasteiger partial charge in [0.1, 0.15) is 6.10 Å². The molecule has 0 radical (unpaired) electrons. The van der Waals surface area contributed by atoms with Crippen molar-refractivity contribution < 1.29 is 38.2 Å². The molecular formula is C26H45NO8S. The second kappa shape index (κ2) is 10.1. The van der Waals surface area contributed by atoms with Crippen LogP contribution in [-0.2, 0) is 14.9 Å². The zero-order valence-corrected chi connectivity index (χ0v) is 22.5. The van der Waals surface area contributed by atoms with Crippen molar-refractivity contribution >= 4 is 16.0 Å². The van der Waals surface area contributed by atoms with Gasteiger partial charge in [-0.15, -0.1) is 0 Å². The van der Waals surface area contributed by atoms with E-state index in [0.717, 1.165) is 32.1 Å². The van der Waals surface area contributed by atoms with Crippen LogP contribution in [0.5, 0.6) is 0 Å². The molecular weight excluding hydrogens is 486 g/mol. The van der Waals surface area contributed by atoms with E-state index in [0.29, 0.717) is 24.7 Å². The number of hydrogen-bond acceptors (Lipinski definition) is 7. The summed E-state index contributed by atoms with van der Waals surface area (Å²) in [4.78, 5) is 12.3. The van der Waals surface area contributed by atoms with E-state index in [2.05, 4.69) is 19.2 Å². The number of rotatable bonds is 7. The maximum absolute atomic E-state index is 12.3. The molecule has 6 N–H and O–H groups in total. The maximum atomic E-state index is 12.3. The Hall–Kier alpha value is -0.780. The van der Waals surface area contributed by atoms with Crippen LogP contribution in [0, 0.1) is 46.3 Å². The van der Waals surface area contributed by atoms with Gasteiger partial charge in [-0.05, 0) is 97.7 Å². The minimum absolute atomic E-state index is 0.00101.